The highest BCUT2D eigenvalue weighted by Gasteiger charge is 2.24. The van der Waals surface area contributed by atoms with E-state index < -0.39 is 5.97 Å². The van der Waals surface area contributed by atoms with Crippen molar-refractivity contribution >= 4 is 11.7 Å². The van der Waals surface area contributed by atoms with E-state index in [0.717, 1.165) is 5.69 Å². The van der Waals surface area contributed by atoms with Crippen molar-refractivity contribution in [2.24, 2.45) is 0 Å². The van der Waals surface area contributed by atoms with E-state index in [1.165, 1.54) is 25.3 Å². The van der Waals surface area contributed by atoms with Crippen LogP contribution in [0.5, 0.6) is 0 Å². The van der Waals surface area contributed by atoms with E-state index in [1.807, 2.05) is 0 Å². The number of piperidine rings is 1. The maximum absolute atomic E-state index is 10.7. The molecule has 2 atom stereocenters. The number of aromatic nitrogens is 1. The summed E-state index contributed by atoms with van der Waals surface area (Å²) in [6.45, 7) is 4.39. The Labute approximate surface area is 107 Å². The van der Waals surface area contributed by atoms with Gasteiger partial charge in [-0.15, -0.1) is 0 Å². The highest BCUT2D eigenvalue weighted by molar-refractivity contribution is 5.85. The summed E-state index contributed by atoms with van der Waals surface area (Å²) in [5.74, 6) is -0.999. The van der Waals surface area contributed by atoms with E-state index >= 15 is 0 Å². The number of carboxylic acid groups (broad SMARTS) is 1. The molecule has 1 saturated heterocycles. The van der Waals surface area contributed by atoms with Gasteiger partial charge in [-0.3, -0.25) is 0 Å². The number of nitrogens with zero attached hydrogens (tertiary/aromatic N) is 2. The molecule has 0 bridgehead atoms. The van der Waals surface area contributed by atoms with Gasteiger partial charge in [0.05, 0.1) is 11.9 Å². The number of hydrazine groups is 1. The Kier molecular flexibility index (Phi) is 3.81. The molecule has 0 aliphatic carbocycles. The summed E-state index contributed by atoms with van der Waals surface area (Å²) in [6, 6.07) is 4.23. The van der Waals surface area contributed by atoms with E-state index in [2.05, 4.69) is 29.3 Å². The zero-order valence-corrected chi connectivity index (χ0v) is 10.8. The minimum Gasteiger partial charge on any atom is -0.477 e. The molecule has 2 heterocycles. The van der Waals surface area contributed by atoms with Gasteiger partial charge >= 0.3 is 5.97 Å². The van der Waals surface area contributed by atoms with Crippen molar-refractivity contribution in [2.45, 2.75) is 45.2 Å². The molecule has 98 valence electrons. The second kappa shape index (κ2) is 5.35. The van der Waals surface area contributed by atoms with Gasteiger partial charge in [-0.05, 0) is 38.8 Å². The molecular weight excluding hydrogens is 230 g/mol. The molecule has 1 aromatic heterocycles. The summed E-state index contributed by atoms with van der Waals surface area (Å²) in [4.78, 5) is 14.6. The SMILES string of the molecule is CC1CCCC(C)N1Nc1ccc(C(=O)O)nc1. The summed E-state index contributed by atoms with van der Waals surface area (Å²) in [5, 5.41) is 11.0. The standard InChI is InChI=1S/C13H19N3O2/c1-9-4-3-5-10(2)16(9)15-11-6-7-12(13(17)18)14-8-11/h6-10,15H,3-5H2,1-2H3,(H,17,18). The third kappa shape index (κ3) is 2.79. The van der Waals surface area contributed by atoms with Gasteiger partial charge in [-0.2, -0.15) is 0 Å². The highest BCUT2D eigenvalue weighted by Crippen LogP contribution is 2.23. The molecule has 0 saturated carbocycles. The average Bonchev–Trinajstić information content (AvgIpc) is 2.34. The molecule has 5 nitrogen and oxygen atoms in total. The van der Waals surface area contributed by atoms with Crippen molar-refractivity contribution < 1.29 is 9.90 Å². The maximum atomic E-state index is 10.7. The molecular formula is C13H19N3O2. The summed E-state index contributed by atoms with van der Waals surface area (Å²) in [6.07, 6.45) is 5.18. The van der Waals surface area contributed by atoms with Gasteiger partial charge < -0.3 is 10.5 Å². The van der Waals surface area contributed by atoms with Gasteiger partial charge in [0.1, 0.15) is 5.69 Å². The molecule has 0 amide bonds. The smallest absolute Gasteiger partial charge is 0.354 e. The third-order valence-corrected chi connectivity index (χ3v) is 3.43. The Balaban J connectivity index is 2.06. The number of carbonyl (C=O) groups is 1. The number of pyridine rings is 1. The lowest BCUT2D eigenvalue weighted by atomic mass is 10.00. The van der Waals surface area contributed by atoms with Crippen LogP contribution in [-0.4, -0.2) is 33.2 Å². The van der Waals surface area contributed by atoms with E-state index in [4.69, 9.17) is 5.11 Å². The molecule has 0 spiro atoms. The molecule has 1 fully saturated rings. The molecule has 1 aliphatic heterocycles. The Morgan fingerprint density at radius 3 is 2.56 bits per heavy atom. The number of nitrogens with one attached hydrogen (secondary N) is 1. The van der Waals surface area contributed by atoms with Gasteiger partial charge in [0, 0.05) is 12.1 Å². The van der Waals surface area contributed by atoms with Crippen LogP contribution in [0, 0.1) is 0 Å². The number of anilines is 1. The lowest BCUT2D eigenvalue weighted by Crippen LogP contribution is -2.47. The second-order valence-corrected chi connectivity index (χ2v) is 4.89. The van der Waals surface area contributed by atoms with E-state index in [9.17, 15) is 4.79 Å². The molecule has 5 heteroatoms. The van der Waals surface area contributed by atoms with Crippen molar-refractivity contribution in [2.75, 3.05) is 5.43 Å². The third-order valence-electron chi connectivity index (χ3n) is 3.43. The Morgan fingerprint density at radius 2 is 2.06 bits per heavy atom. The number of rotatable bonds is 3. The Bertz CT molecular complexity index is 409. The van der Waals surface area contributed by atoms with E-state index in [0.29, 0.717) is 12.1 Å². The van der Waals surface area contributed by atoms with Gasteiger partial charge in [-0.25, -0.2) is 14.8 Å². The number of hydrogen-bond donors (Lipinski definition) is 2. The van der Waals surface area contributed by atoms with Gasteiger partial charge in [0.2, 0.25) is 0 Å². The fraction of sp³-hybridized carbons (Fsp3) is 0.538. The molecule has 2 rings (SSSR count). The Morgan fingerprint density at radius 1 is 1.39 bits per heavy atom. The molecule has 0 radical (unpaired) electrons. The molecule has 1 aromatic rings. The number of aromatic carboxylic acids is 1. The van der Waals surface area contributed by atoms with Crippen molar-refractivity contribution in [3.63, 3.8) is 0 Å². The minimum absolute atomic E-state index is 0.0697. The lowest BCUT2D eigenvalue weighted by Gasteiger charge is -2.39. The van der Waals surface area contributed by atoms with Crippen LogP contribution in [0.4, 0.5) is 5.69 Å². The fourth-order valence-corrected chi connectivity index (χ4v) is 2.38. The van der Waals surface area contributed by atoms with Crippen LogP contribution in [0.2, 0.25) is 0 Å². The van der Waals surface area contributed by atoms with Crippen molar-refractivity contribution in [1.82, 2.24) is 9.99 Å². The van der Waals surface area contributed by atoms with Gasteiger partial charge in [0.15, 0.2) is 0 Å². The lowest BCUT2D eigenvalue weighted by molar-refractivity contribution is 0.0690. The number of carboxylic acids is 1. The summed E-state index contributed by atoms with van der Waals surface area (Å²) < 4.78 is 0. The van der Waals surface area contributed by atoms with Crippen LogP contribution in [-0.2, 0) is 0 Å². The van der Waals surface area contributed by atoms with Gasteiger partial charge in [0.25, 0.3) is 0 Å². The zero-order valence-electron chi connectivity index (χ0n) is 10.8. The summed E-state index contributed by atoms with van der Waals surface area (Å²) in [5.41, 5.74) is 4.23. The quantitative estimate of drug-likeness (QED) is 0.861. The van der Waals surface area contributed by atoms with E-state index in [1.54, 1.807) is 12.3 Å². The van der Waals surface area contributed by atoms with Crippen LogP contribution < -0.4 is 5.43 Å². The molecule has 1 aliphatic rings. The molecule has 18 heavy (non-hydrogen) atoms. The monoisotopic (exact) mass is 249 g/mol. The topological polar surface area (TPSA) is 65.5 Å². The predicted molar refractivity (Wildman–Crippen MR) is 69.4 cm³/mol. The summed E-state index contributed by atoms with van der Waals surface area (Å²) >= 11 is 0. The maximum Gasteiger partial charge on any atom is 0.354 e. The molecule has 0 aromatic carbocycles. The van der Waals surface area contributed by atoms with E-state index in [-0.39, 0.29) is 5.69 Å². The second-order valence-electron chi connectivity index (χ2n) is 4.89. The van der Waals surface area contributed by atoms with Crippen molar-refractivity contribution in [1.29, 1.82) is 0 Å². The predicted octanol–water partition coefficient (Wildman–Crippen LogP) is 2.37. The Hall–Kier alpha value is -1.62. The first-order chi connectivity index (χ1) is 8.58. The fourth-order valence-electron chi connectivity index (χ4n) is 2.38. The molecule has 2 unspecified atom stereocenters. The van der Waals surface area contributed by atoms with Crippen LogP contribution in [0.1, 0.15) is 43.6 Å². The first-order valence-corrected chi connectivity index (χ1v) is 6.32. The highest BCUT2D eigenvalue weighted by atomic mass is 16.4. The van der Waals surface area contributed by atoms with Gasteiger partial charge in [-0.1, -0.05) is 6.42 Å². The minimum atomic E-state index is -0.999. The first-order valence-electron chi connectivity index (χ1n) is 6.32. The van der Waals surface area contributed by atoms with Crippen LogP contribution >= 0.6 is 0 Å². The average molecular weight is 249 g/mol. The van der Waals surface area contributed by atoms with Crippen molar-refractivity contribution in [3.8, 4) is 0 Å². The largest absolute Gasteiger partial charge is 0.477 e. The zero-order chi connectivity index (χ0) is 13.1. The van der Waals surface area contributed by atoms with Crippen molar-refractivity contribution in [3.05, 3.63) is 24.0 Å². The number of hydrogen-bond acceptors (Lipinski definition) is 4. The van der Waals surface area contributed by atoms with Crippen LogP contribution in [0.25, 0.3) is 0 Å². The summed E-state index contributed by atoms with van der Waals surface area (Å²) in [7, 11) is 0. The first kappa shape index (κ1) is 12.8. The normalized spacial score (nSPS) is 24.8. The van der Waals surface area contributed by atoms with Crippen LogP contribution in [0.15, 0.2) is 18.3 Å². The molecule has 2 N–H and O–H groups in total. The van der Waals surface area contributed by atoms with Crippen LogP contribution in [0.3, 0.4) is 0 Å².